The number of alkyl carbamates (subject to hydrolysis) is 1. The molecule has 7 nitrogen and oxygen atoms in total. The summed E-state index contributed by atoms with van der Waals surface area (Å²) in [6.07, 6.45) is 3.33. The molecule has 2 N–H and O–H groups in total. The van der Waals surface area contributed by atoms with Crippen LogP contribution < -0.4 is 10.8 Å². The van der Waals surface area contributed by atoms with Gasteiger partial charge in [0.2, 0.25) is 0 Å². The summed E-state index contributed by atoms with van der Waals surface area (Å²) in [6, 6.07) is 14.6. The Balaban J connectivity index is 1.38. The van der Waals surface area contributed by atoms with Crippen LogP contribution in [0, 0.1) is 0 Å². The molecule has 1 aliphatic carbocycles. The predicted molar refractivity (Wildman–Crippen MR) is 147 cm³/mol. The molecule has 1 amide bonds. The van der Waals surface area contributed by atoms with Gasteiger partial charge in [-0.05, 0) is 90.0 Å². The van der Waals surface area contributed by atoms with Crippen molar-refractivity contribution in [3.05, 3.63) is 48.3 Å². The van der Waals surface area contributed by atoms with Crippen molar-refractivity contribution in [2.24, 2.45) is 0 Å². The number of benzene rings is 2. The van der Waals surface area contributed by atoms with E-state index in [1.807, 2.05) is 26.8 Å². The molecular formula is C29H38BN3O4. The lowest BCUT2D eigenvalue weighted by atomic mass is 9.78. The highest BCUT2D eigenvalue weighted by Gasteiger charge is 2.51. The molecule has 1 saturated carbocycles. The number of carbonyl (C=O) groups is 1. The zero-order chi connectivity index (χ0) is 26.6. The second-order valence-electron chi connectivity index (χ2n) is 12.4. The number of aromatic nitrogens is 2. The molecule has 0 radical (unpaired) electrons. The van der Waals surface area contributed by atoms with Gasteiger partial charge in [0.25, 0.3) is 0 Å². The zero-order valence-corrected chi connectivity index (χ0v) is 23.0. The first-order valence-corrected chi connectivity index (χ1v) is 13.2. The summed E-state index contributed by atoms with van der Waals surface area (Å²) < 4.78 is 17.9. The monoisotopic (exact) mass is 503 g/mol. The molecular weight excluding hydrogens is 465 g/mol. The summed E-state index contributed by atoms with van der Waals surface area (Å²) in [7, 11) is -0.378. The van der Waals surface area contributed by atoms with Crippen molar-refractivity contribution in [1.82, 2.24) is 15.3 Å². The van der Waals surface area contributed by atoms with Crippen molar-refractivity contribution in [2.45, 2.75) is 96.5 Å². The predicted octanol–water partition coefficient (Wildman–Crippen LogP) is 5.82. The van der Waals surface area contributed by atoms with Crippen LogP contribution in [0.3, 0.4) is 0 Å². The summed E-state index contributed by atoms with van der Waals surface area (Å²) in [5.41, 5.74) is 3.19. The minimum atomic E-state index is -0.551. The molecule has 1 aromatic heterocycles. The average Bonchev–Trinajstić information content (AvgIpc) is 3.49. The van der Waals surface area contributed by atoms with Gasteiger partial charge in [0.1, 0.15) is 17.0 Å². The molecule has 0 unspecified atom stereocenters. The zero-order valence-electron chi connectivity index (χ0n) is 23.0. The van der Waals surface area contributed by atoms with Gasteiger partial charge in [-0.3, -0.25) is 0 Å². The van der Waals surface area contributed by atoms with E-state index in [2.05, 4.69) is 74.4 Å². The number of ether oxygens (including phenoxy) is 1. The normalized spacial score (nSPS) is 20.4. The second-order valence-corrected chi connectivity index (χ2v) is 12.4. The van der Waals surface area contributed by atoms with Crippen molar-refractivity contribution in [1.29, 1.82) is 0 Å². The summed E-state index contributed by atoms with van der Waals surface area (Å²) >= 11 is 0. The minimum Gasteiger partial charge on any atom is -0.444 e. The number of nitrogens with one attached hydrogen (secondary N) is 2. The average molecular weight is 503 g/mol. The van der Waals surface area contributed by atoms with Crippen LogP contribution in [0.25, 0.3) is 22.2 Å². The molecule has 0 bridgehead atoms. The lowest BCUT2D eigenvalue weighted by Gasteiger charge is -2.32. The molecule has 0 spiro atoms. The maximum Gasteiger partial charge on any atom is 0.494 e. The van der Waals surface area contributed by atoms with E-state index in [1.54, 1.807) is 0 Å². The number of carbonyl (C=O) groups excluding carboxylic acids is 1. The lowest BCUT2D eigenvalue weighted by molar-refractivity contribution is 0.00578. The van der Waals surface area contributed by atoms with Crippen LogP contribution >= 0.6 is 0 Å². The van der Waals surface area contributed by atoms with E-state index >= 15 is 0 Å². The minimum absolute atomic E-state index is 0.366. The van der Waals surface area contributed by atoms with Gasteiger partial charge in [0, 0.05) is 0 Å². The topological polar surface area (TPSA) is 85.5 Å². The molecule has 2 aromatic carbocycles. The third-order valence-corrected chi connectivity index (χ3v) is 7.90. The number of rotatable bonds is 4. The molecule has 3 aromatic rings. The van der Waals surface area contributed by atoms with Crippen LogP contribution in [0.1, 0.15) is 80.0 Å². The number of aromatic amines is 1. The quantitative estimate of drug-likeness (QED) is 0.438. The molecule has 2 aliphatic rings. The first kappa shape index (κ1) is 25.8. The molecule has 37 heavy (non-hydrogen) atoms. The van der Waals surface area contributed by atoms with Crippen molar-refractivity contribution in [3.8, 4) is 11.1 Å². The van der Waals surface area contributed by atoms with Crippen LogP contribution in [0.4, 0.5) is 4.79 Å². The fourth-order valence-corrected chi connectivity index (χ4v) is 5.13. The Hall–Kier alpha value is -2.84. The van der Waals surface area contributed by atoms with E-state index in [9.17, 15) is 4.79 Å². The fourth-order valence-electron chi connectivity index (χ4n) is 5.13. The van der Waals surface area contributed by atoms with Gasteiger partial charge in [-0.15, -0.1) is 0 Å². The van der Waals surface area contributed by atoms with Crippen molar-refractivity contribution < 1.29 is 18.8 Å². The van der Waals surface area contributed by atoms with E-state index in [1.165, 1.54) is 0 Å². The summed E-state index contributed by atoms with van der Waals surface area (Å²) in [5, 5.41) is 3.14. The van der Waals surface area contributed by atoms with Crippen molar-refractivity contribution in [2.75, 3.05) is 0 Å². The lowest BCUT2D eigenvalue weighted by Crippen LogP contribution is -2.46. The van der Waals surface area contributed by atoms with Gasteiger partial charge in [-0.1, -0.05) is 43.2 Å². The Kier molecular flexibility index (Phi) is 6.19. The van der Waals surface area contributed by atoms with Crippen molar-refractivity contribution in [3.63, 3.8) is 0 Å². The first-order chi connectivity index (χ1) is 17.3. The number of nitrogens with zero attached hydrogens (tertiary/aromatic N) is 1. The SMILES string of the molecule is CC(C)(C)OC(=O)NC1(c2nc3ccc(-c4ccc(B5OC(C)(C)C(C)(C)O5)cc4)cc3[nH]2)CCCC1. The fraction of sp³-hybridized carbons (Fsp3) is 0.517. The molecule has 8 heteroatoms. The first-order valence-electron chi connectivity index (χ1n) is 13.2. The molecule has 0 atom stereocenters. The highest BCUT2D eigenvalue weighted by molar-refractivity contribution is 6.62. The Labute approximate surface area is 219 Å². The highest BCUT2D eigenvalue weighted by Crippen LogP contribution is 2.39. The molecule has 196 valence electrons. The van der Waals surface area contributed by atoms with Crippen LogP contribution in [-0.2, 0) is 19.6 Å². The third-order valence-electron chi connectivity index (χ3n) is 7.90. The maximum atomic E-state index is 12.6. The molecule has 5 rings (SSSR count). The highest BCUT2D eigenvalue weighted by atomic mass is 16.7. The summed E-state index contributed by atoms with van der Waals surface area (Å²) in [5.74, 6) is 0.791. The molecule has 1 saturated heterocycles. The van der Waals surface area contributed by atoms with Crippen LogP contribution in [0.15, 0.2) is 42.5 Å². The third kappa shape index (κ3) is 5.01. The maximum absolute atomic E-state index is 12.6. The van der Waals surface area contributed by atoms with Gasteiger partial charge < -0.3 is 24.3 Å². The van der Waals surface area contributed by atoms with Gasteiger partial charge in [-0.2, -0.15) is 0 Å². The number of amides is 1. The smallest absolute Gasteiger partial charge is 0.444 e. The van der Waals surface area contributed by atoms with Crippen molar-refractivity contribution >= 4 is 29.7 Å². The Bertz CT molecular complexity index is 1280. The molecule has 2 fully saturated rings. The largest absolute Gasteiger partial charge is 0.494 e. The Morgan fingerprint density at radius 2 is 1.57 bits per heavy atom. The van der Waals surface area contributed by atoms with E-state index in [0.29, 0.717) is 0 Å². The van der Waals surface area contributed by atoms with Gasteiger partial charge >= 0.3 is 13.2 Å². The number of fused-ring (bicyclic) bond motifs is 1. The Morgan fingerprint density at radius 3 is 2.16 bits per heavy atom. The van der Waals surface area contributed by atoms with Crippen LogP contribution in [0.5, 0.6) is 0 Å². The van der Waals surface area contributed by atoms with Gasteiger partial charge in [0.05, 0.1) is 22.2 Å². The van der Waals surface area contributed by atoms with E-state index in [4.69, 9.17) is 19.0 Å². The number of hydrogen-bond acceptors (Lipinski definition) is 5. The van der Waals surface area contributed by atoms with Gasteiger partial charge in [-0.25, -0.2) is 9.78 Å². The van der Waals surface area contributed by atoms with E-state index in [-0.39, 0.29) is 18.3 Å². The Morgan fingerprint density at radius 1 is 0.973 bits per heavy atom. The number of imidazole rings is 1. The van der Waals surface area contributed by atoms with Crippen LogP contribution in [0.2, 0.25) is 0 Å². The summed E-state index contributed by atoms with van der Waals surface area (Å²) in [4.78, 5) is 21.0. The van der Waals surface area contributed by atoms with E-state index < -0.39 is 17.2 Å². The molecule has 2 heterocycles. The van der Waals surface area contributed by atoms with Crippen LogP contribution in [-0.4, -0.2) is 40.0 Å². The van der Waals surface area contributed by atoms with Gasteiger partial charge in [0.15, 0.2) is 0 Å². The second kappa shape index (κ2) is 8.88. The number of H-pyrrole nitrogens is 1. The standard InChI is InChI=1S/C29H38BN3O4/c1-26(2,3)35-25(34)33-29(16-8-9-17-29)24-31-22-15-12-20(18-23(22)32-24)19-10-13-21(14-11-19)30-36-27(4,5)28(6,7)37-30/h10-15,18H,8-9,16-17H2,1-7H3,(H,31,32)(H,33,34). The molecule has 1 aliphatic heterocycles. The summed E-state index contributed by atoms with van der Waals surface area (Å²) in [6.45, 7) is 13.9. The number of hydrogen-bond donors (Lipinski definition) is 2. The van der Waals surface area contributed by atoms with E-state index in [0.717, 1.165) is 59.1 Å².